The monoisotopic (exact) mass is 273 g/mol. The predicted molar refractivity (Wildman–Crippen MR) is 77.1 cm³/mol. The Labute approximate surface area is 113 Å². The number of anilines is 1. The Bertz CT molecular complexity index is 334. The zero-order valence-electron chi connectivity index (χ0n) is 10.5. The molecule has 0 fully saturated rings. The summed E-state index contributed by atoms with van der Waals surface area (Å²) in [6.07, 6.45) is 8.02. The first-order valence-corrected chi connectivity index (χ1v) is 7.79. The zero-order valence-corrected chi connectivity index (χ0v) is 12.1. The minimum Gasteiger partial charge on any atom is -0.370 e. The van der Waals surface area contributed by atoms with Crippen molar-refractivity contribution in [3.8, 4) is 0 Å². The van der Waals surface area contributed by atoms with E-state index in [1.165, 1.54) is 18.5 Å². The average molecular weight is 274 g/mol. The van der Waals surface area contributed by atoms with Crippen molar-refractivity contribution >= 4 is 29.2 Å². The summed E-state index contributed by atoms with van der Waals surface area (Å²) in [7, 11) is 0. The number of aromatic nitrogens is 2. The first-order valence-electron chi connectivity index (χ1n) is 6.01. The second-order valence-electron chi connectivity index (χ2n) is 3.87. The smallest absolute Gasteiger partial charge is 0.137 e. The third-order valence-corrected chi connectivity index (χ3v) is 3.48. The Hall–Kier alpha value is -0.480. The van der Waals surface area contributed by atoms with Crippen LogP contribution in [0.1, 0.15) is 31.7 Å². The van der Waals surface area contributed by atoms with Crippen LogP contribution in [0, 0.1) is 0 Å². The van der Waals surface area contributed by atoms with Crippen LogP contribution in [0.25, 0.3) is 0 Å². The number of hydrogen-bond acceptors (Lipinski definition) is 4. The van der Waals surface area contributed by atoms with E-state index in [1.54, 1.807) is 0 Å². The van der Waals surface area contributed by atoms with Gasteiger partial charge in [0.2, 0.25) is 0 Å². The van der Waals surface area contributed by atoms with Gasteiger partial charge in [-0.2, -0.15) is 11.8 Å². The van der Waals surface area contributed by atoms with Crippen LogP contribution in [0.2, 0.25) is 5.15 Å². The lowest BCUT2D eigenvalue weighted by molar-refractivity contribution is 0.831. The number of rotatable bonds is 8. The molecule has 0 aliphatic carbocycles. The number of nitrogens with one attached hydrogen (secondary N) is 1. The minimum atomic E-state index is 0.577. The molecule has 1 N–H and O–H groups in total. The number of halogens is 1. The second-order valence-corrected chi connectivity index (χ2v) is 5.21. The Balaban J connectivity index is 2.48. The number of unbranched alkanes of at least 4 members (excludes halogenated alkanes) is 1. The van der Waals surface area contributed by atoms with E-state index in [2.05, 4.69) is 28.5 Å². The molecule has 17 heavy (non-hydrogen) atoms. The fraction of sp³-hybridized carbons (Fsp3) is 0.667. The molecule has 0 saturated carbocycles. The first-order chi connectivity index (χ1) is 8.29. The number of hydrogen-bond donors (Lipinski definition) is 1. The lowest BCUT2D eigenvalue weighted by Gasteiger charge is -2.10. The van der Waals surface area contributed by atoms with Gasteiger partial charge in [-0.3, -0.25) is 0 Å². The van der Waals surface area contributed by atoms with Crippen LogP contribution in [-0.2, 0) is 6.42 Å². The van der Waals surface area contributed by atoms with Crippen molar-refractivity contribution in [3.05, 3.63) is 17.0 Å². The number of nitrogens with zero attached hydrogens (tertiary/aromatic N) is 2. The third-order valence-electron chi connectivity index (χ3n) is 2.46. The molecule has 0 atom stereocenters. The normalized spacial score (nSPS) is 10.5. The van der Waals surface area contributed by atoms with Crippen LogP contribution in [0.4, 0.5) is 5.82 Å². The maximum absolute atomic E-state index is 6.08. The molecule has 0 aliphatic heterocycles. The number of thioether (sulfide) groups is 1. The predicted octanol–water partition coefficient (Wildman–Crippen LogP) is 3.64. The standard InChI is InChI=1S/C12H20ClN3S/c1-3-6-10-11(13)15-9-16-12(10)14-7-4-5-8-17-2/h9H,3-8H2,1-2H3,(H,14,15,16). The Morgan fingerprint density at radius 3 is 2.88 bits per heavy atom. The van der Waals surface area contributed by atoms with E-state index in [4.69, 9.17) is 11.6 Å². The van der Waals surface area contributed by atoms with Gasteiger partial charge in [-0.25, -0.2) is 9.97 Å². The van der Waals surface area contributed by atoms with Crippen molar-refractivity contribution in [1.29, 1.82) is 0 Å². The van der Waals surface area contributed by atoms with Gasteiger partial charge in [-0.05, 0) is 31.3 Å². The summed E-state index contributed by atoms with van der Waals surface area (Å²) in [5, 5.41) is 3.93. The molecule has 1 aromatic heterocycles. The summed E-state index contributed by atoms with van der Waals surface area (Å²) < 4.78 is 0. The highest BCUT2D eigenvalue weighted by atomic mass is 35.5. The van der Waals surface area contributed by atoms with Gasteiger partial charge >= 0.3 is 0 Å². The van der Waals surface area contributed by atoms with Gasteiger partial charge in [0.25, 0.3) is 0 Å². The maximum atomic E-state index is 6.08. The summed E-state index contributed by atoms with van der Waals surface area (Å²) >= 11 is 7.96. The van der Waals surface area contributed by atoms with Gasteiger partial charge in [0.15, 0.2) is 0 Å². The summed E-state index contributed by atoms with van der Waals surface area (Å²) in [6.45, 7) is 3.08. The van der Waals surface area contributed by atoms with E-state index in [1.807, 2.05) is 11.8 Å². The average Bonchev–Trinajstić information content (AvgIpc) is 2.33. The van der Waals surface area contributed by atoms with E-state index in [-0.39, 0.29) is 0 Å². The van der Waals surface area contributed by atoms with Gasteiger partial charge in [0.1, 0.15) is 17.3 Å². The highest BCUT2D eigenvalue weighted by Gasteiger charge is 2.08. The molecule has 1 rings (SSSR count). The van der Waals surface area contributed by atoms with Crippen molar-refractivity contribution in [3.63, 3.8) is 0 Å². The van der Waals surface area contributed by atoms with Crippen LogP contribution in [0.15, 0.2) is 6.33 Å². The summed E-state index contributed by atoms with van der Waals surface area (Å²) in [5.41, 5.74) is 1.04. The molecule has 0 unspecified atom stereocenters. The summed E-state index contributed by atoms with van der Waals surface area (Å²) in [5.74, 6) is 2.12. The van der Waals surface area contributed by atoms with E-state index in [9.17, 15) is 0 Å². The lowest BCUT2D eigenvalue weighted by Crippen LogP contribution is -2.07. The molecule has 0 saturated heterocycles. The SMILES string of the molecule is CCCc1c(Cl)ncnc1NCCCCSC. The van der Waals surface area contributed by atoms with Crippen molar-refractivity contribution in [2.24, 2.45) is 0 Å². The lowest BCUT2D eigenvalue weighted by atomic mass is 10.2. The molecule has 0 spiro atoms. The van der Waals surface area contributed by atoms with Crippen LogP contribution < -0.4 is 5.32 Å². The second kappa shape index (κ2) is 8.59. The molecule has 0 amide bonds. The fourth-order valence-electron chi connectivity index (χ4n) is 1.59. The maximum Gasteiger partial charge on any atom is 0.137 e. The van der Waals surface area contributed by atoms with Crippen LogP contribution in [0.5, 0.6) is 0 Å². The van der Waals surface area contributed by atoms with Crippen molar-refractivity contribution in [1.82, 2.24) is 9.97 Å². The topological polar surface area (TPSA) is 37.8 Å². The molecule has 1 heterocycles. The van der Waals surface area contributed by atoms with E-state index in [0.717, 1.165) is 37.2 Å². The molecule has 0 aromatic carbocycles. The molecular weight excluding hydrogens is 254 g/mol. The van der Waals surface area contributed by atoms with E-state index in [0.29, 0.717) is 5.15 Å². The molecule has 0 bridgehead atoms. The minimum absolute atomic E-state index is 0.577. The zero-order chi connectivity index (χ0) is 12.5. The molecule has 0 aliphatic rings. The molecule has 5 heteroatoms. The first kappa shape index (κ1) is 14.6. The van der Waals surface area contributed by atoms with Gasteiger partial charge in [-0.1, -0.05) is 24.9 Å². The van der Waals surface area contributed by atoms with Gasteiger partial charge < -0.3 is 5.32 Å². The van der Waals surface area contributed by atoms with Gasteiger partial charge in [-0.15, -0.1) is 0 Å². The van der Waals surface area contributed by atoms with E-state index >= 15 is 0 Å². The molecule has 1 aromatic rings. The summed E-state index contributed by atoms with van der Waals surface area (Å²) in [6, 6.07) is 0. The third kappa shape index (κ3) is 5.13. The fourth-order valence-corrected chi connectivity index (χ4v) is 2.31. The van der Waals surface area contributed by atoms with E-state index < -0.39 is 0 Å². The summed E-state index contributed by atoms with van der Waals surface area (Å²) in [4.78, 5) is 8.29. The quantitative estimate of drug-likeness (QED) is 0.580. The Morgan fingerprint density at radius 1 is 1.35 bits per heavy atom. The van der Waals surface area contributed by atoms with Crippen LogP contribution in [-0.4, -0.2) is 28.5 Å². The van der Waals surface area contributed by atoms with Crippen molar-refractivity contribution < 1.29 is 0 Å². The van der Waals surface area contributed by atoms with Crippen molar-refractivity contribution in [2.45, 2.75) is 32.6 Å². The Kier molecular flexibility index (Phi) is 7.37. The van der Waals surface area contributed by atoms with Crippen LogP contribution >= 0.6 is 23.4 Å². The van der Waals surface area contributed by atoms with Crippen LogP contribution in [0.3, 0.4) is 0 Å². The molecule has 96 valence electrons. The van der Waals surface area contributed by atoms with Crippen molar-refractivity contribution in [2.75, 3.05) is 23.9 Å². The van der Waals surface area contributed by atoms with Gasteiger partial charge in [0, 0.05) is 12.1 Å². The highest BCUT2D eigenvalue weighted by Crippen LogP contribution is 2.21. The molecular formula is C12H20ClN3S. The molecule has 0 radical (unpaired) electrons. The van der Waals surface area contributed by atoms with Gasteiger partial charge in [0.05, 0.1) is 0 Å². The highest BCUT2D eigenvalue weighted by molar-refractivity contribution is 7.98. The molecule has 3 nitrogen and oxygen atoms in total. The largest absolute Gasteiger partial charge is 0.370 e. The Morgan fingerprint density at radius 2 is 2.18 bits per heavy atom.